The molecule has 176 valence electrons. The largest absolute Gasteiger partial charge is 0.444 e. The summed E-state index contributed by atoms with van der Waals surface area (Å²) in [6.45, 7) is 9.11. The van der Waals surface area contributed by atoms with E-state index in [1.54, 1.807) is 4.90 Å². The molecule has 1 amide bonds. The fourth-order valence-electron chi connectivity index (χ4n) is 4.00. The number of rotatable bonds is 5. The van der Waals surface area contributed by atoms with Gasteiger partial charge in [0.25, 0.3) is 0 Å². The highest BCUT2D eigenvalue weighted by Crippen LogP contribution is 2.39. The van der Waals surface area contributed by atoms with Gasteiger partial charge in [-0.3, -0.25) is 10.00 Å². The summed E-state index contributed by atoms with van der Waals surface area (Å²) in [5, 5.41) is 15.3. The number of aromatic amines is 1. The van der Waals surface area contributed by atoms with Gasteiger partial charge in [0.15, 0.2) is 11.6 Å². The highest BCUT2D eigenvalue weighted by Gasteiger charge is 2.27. The number of nitrogens with one attached hydrogen (secondary N) is 2. The van der Waals surface area contributed by atoms with Crippen LogP contribution in [0.15, 0.2) is 18.2 Å². The van der Waals surface area contributed by atoms with Crippen molar-refractivity contribution < 1.29 is 9.53 Å². The van der Waals surface area contributed by atoms with Gasteiger partial charge in [0.1, 0.15) is 11.1 Å². The lowest BCUT2D eigenvalue weighted by Crippen LogP contribution is -2.49. The first-order valence-corrected chi connectivity index (χ1v) is 11.7. The van der Waals surface area contributed by atoms with Crippen molar-refractivity contribution in [3.8, 4) is 0 Å². The van der Waals surface area contributed by atoms with Crippen molar-refractivity contribution in [3.05, 3.63) is 34.9 Å². The van der Waals surface area contributed by atoms with Crippen LogP contribution in [0.1, 0.15) is 50.9 Å². The van der Waals surface area contributed by atoms with E-state index in [9.17, 15) is 4.79 Å². The van der Waals surface area contributed by atoms with Gasteiger partial charge in [0.05, 0.1) is 5.69 Å². The maximum Gasteiger partial charge on any atom is 0.410 e. The molecule has 0 spiro atoms. The number of aromatic nitrogens is 5. The Morgan fingerprint density at radius 1 is 1.24 bits per heavy atom. The van der Waals surface area contributed by atoms with Crippen LogP contribution < -0.4 is 5.32 Å². The smallest absolute Gasteiger partial charge is 0.410 e. The quantitative estimate of drug-likeness (QED) is 0.582. The highest BCUT2D eigenvalue weighted by atomic mass is 35.5. The molecule has 1 aliphatic carbocycles. The minimum Gasteiger partial charge on any atom is -0.444 e. The molecule has 0 radical (unpaired) electrons. The van der Waals surface area contributed by atoms with Gasteiger partial charge < -0.3 is 15.0 Å². The molecule has 3 aromatic heterocycles. The van der Waals surface area contributed by atoms with Crippen molar-refractivity contribution in [2.45, 2.75) is 51.7 Å². The maximum atomic E-state index is 12.3. The van der Waals surface area contributed by atoms with Crippen LogP contribution in [0.25, 0.3) is 5.52 Å². The summed E-state index contributed by atoms with van der Waals surface area (Å²) in [4.78, 5) is 20.8. The van der Waals surface area contributed by atoms with E-state index in [0.29, 0.717) is 31.4 Å². The van der Waals surface area contributed by atoms with Crippen LogP contribution in [0.4, 0.5) is 16.4 Å². The number of carbonyl (C=O) groups is 1. The number of anilines is 2. The second kappa shape index (κ2) is 8.49. The lowest BCUT2D eigenvalue weighted by Gasteiger charge is -2.35. The molecular weight excluding hydrogens is 444 g/mol. The van der Waals surface area contributed by atoms with Crippen molar-refractivity contribution in [2.75, 3.05) is 31.5 Å². The highest BCUT2D eigenvalue weighted by molar-refractivity contribution is 6.28. The average Bonchev–Trinajstić information content (AvgIpc) is 3.37. The van der Waals surface area contributed by atoms with Crippen molar-refractivity contribution >= 4 is 34.8 Å². The first-order valence-electron chi connectivity index (χ1n) is 11.3. The zero-order chi connectivity index (χ0) is 23.2. The van der Waals surface area contributed by atoms with Crippen LogP contribution in [0, 0.1) is 0 Å². The van der Waals surface area contributed by atoms with Crippen LogP contribution in [-0.2, 0) is 11.3 Å². The predicted molar refractivity (Wildman–Crippen MR) is 125 cm³/mol. The standard InChI is InChI=1S/C22H29ClN8O2/c1-22(2,3)33-21(32)30-10-8-29(9-11-30)13-15-6-7-17-19(25-20(23)28-31(15)17)24-18-12-16(26-27-18)14-4-5-14/h6-7,12,14H,4-5,8-11,13H2,1-3H3,(H2,24,25,26,27,28). The Kier molecular flexibility index (Phi) is 5.65. The number of fused-ring (bicyclic) bond motifs is 1. The molecule has 2 fully saturated rings. The third kappa shape index (κ3) is 5.06. The maximum absolute atomic E-state index is 12.3. The summed E-state index contributed by atoms with van der Waals surface area (Å²) in [5.74, 6) is 1.93. The van der Waals surface area contributed by atoms with E-state index in [0.717, 1.165) is 35.8 Å². The Balaban J connectivity index is 1.26. The summed E-state index contributed by atoms with van der Waals surface area (Å²) < 4.78 is 7.31. The second-order valence-electron chi connectivity index (χ2n) is 9.70. The monoisotopic (exact) mass is 472 g/mol. The van der Waals surface area contributed by atoms with Crippen molar-refractivity contribution in [1.29, 1.82) is 0 Å². The Morgan fingerprint density at radius 2 is 2.00 bits per heavy atom. The Morgan fingerprint density at radius 3 is 2.70 bits per heavy atom. The zero-order valence-electron chi connectivity index (χ0n) is 19.1. The Hall–Kier alpha value is -2.85. The molecule has 2 aliphatic rings. The minimum absolute atomic E-state index is 0.162. The van der Waals surface area contributed by atoms with Gasteiger partial charge in [-0.05, 0) is 57.3 Å². The van der Waals surface area contributed by atoms with Gasteiger partial charge >= 0.3 is 6.09 Å². The summed E-state index contributed by atoms with van der Waals surface area (Å²) in [5.41, 5.74) is 2.50. The van der Waals surface area contributed by atoms with Gasteiger partial charge in [-0.25, -0.2) is 9.31 Å². The average molecular weight is 473 g/mol. The van der Waals surface area contributed by atoms with Gasteiger partial charge in [0.2, 0.25) is 5.28 Å². The van der Waals surface area contributed by atoms with E-state index in [-0.39, 0.29) is 11.4 Å². The number of carbonyl (C=O) groups excluding carboxylic acids is 1. The fourth-order valence-corrected chi connectivity index (χ4v) is 4.16. The predicted octanol–water partition coefficient (Wildman–Crippen LogP) is 3.78. The van der Waals surface area contributed by atoms with E-state index < -0.39 is 5.60 Å². The van der Waals surface area contributed by atoms with E-state index in [2.05, 4.69) is 30.5 Å². The summed E-state index contributed by atoms with van der Waals surface area (Å²) in [7, 11) is 0. The number of H-pyrrole nitrogens is 1. The lowest BCUT2D eigenvalue weighted by atomic mass is 10.2. The molecule has 3 aromatic rings. The molecule has 0 atom stereocenters. The third-order valence-corrected chi connectivity index (χ3v) is 5.99. The van der Waals surface area contributed by atoms with E-state index >= 15 is 0 Å². The van der Waals surface area contributed by atoms with Gasteiger partial charge in [-0.2, -0.15) is 10.1 Å². The normalized spacial score (nSPS) is 17.5. The molecule has 0 bridgehead atoms. The van der Waals surface area contributed by atoms with Gasteiger partial charge in [-0.15, -0.1) is 5.10 Å². The molecule has 33 heavy (non-hydrogen) atoms. The second-order valence-corrected chi connectivity index (χ2v) is 10.0. The first-order chi connectivity index (χ1) is 15.7. The van der Waals surface area contributed by atoms with Crippen LogP contribution in [-0.4, -0.2) is 72.5 Å². The van der Waals surface area contributed by atoms with E-state index in [4.69, 9.17) is 16.3 Å². The van der Waals surface area contributed by atoms with Crippen molar-refractivity contribution in [1.82, 2.24) is 34.6 Å². The minimum atomic E-state index is -0.487. The number of halogens is 1. The zero-order valence-corrected chi connectivity index (χ0v) is 19.9. The van der Waals surface area contributed by atoms with E-state index in [1.807, 2.05) is 43.5 Å². The molecule has 5 rings (SSSR count). The van der Waals surface area contributed by atoms with Crippen LogP contribution in [0.5, 0.6) is 0 Å². The number of hydrogen-bond donors (Lipinski definition) is 2. The van der Waals surface area contributed by atoms with Crippen molar-refractivity contribution in [2.24, 2.45) is 0 Å². The van der Waals surface area contributed by atoms with Gasteiger partial charge in [0, 0.05) is 50.4 Å². The number of piperazine rings is 1. The van der Waals surface area contributed by atoms with Gasteiger partial charge in [-0.1, -0.05) is 0 Å². The molecule has 4 heterocycles. The molecule has 1 saturated heterocycles. The fraction of sp³-hybridized carbons (Fsp3) is 0.545. The summed E-state index contributed by atoms with van der Waals surface area (Å²) in [6, 6.07) is 6.05. The van der Waals surface area contributed by atoms with Crippen LogP contribution >= 0.6 is 11.6 Å². The SMILES string of the molecule is CC(C)(C)OC(=O)N1CCN(Cc2ccc3c(Nc4cc(C5CC5)[nH]n4)nc(Cl)nn23)CC1. The molecule has 1 saturated carbocycles. The summed E-state index contributed by atoms with van der Waals surface area (Å²) >= 11 is 6.25. The number of nitrogens with zero attached hydrogens (tertiary/aromatic N) is 6. The van der Waals surface area contributed by atoms with Crippen LogP contribution in [0.2, 0.25) is 5.28 Å². The molecular formula is C22H29ClN8O2. The van der Waals surface area contributed by atoms with Crippen molar-refractivity contribution in [3.63, 3.8) is 0 Å². The number of hydrogen-bond acceptors (Lipinski definition) is 7. The third-order valence-electron chi connectivity index (χ3n) is 5.83. The Labute approximate surface area is 197 Å². The molecule has 0 unspecified atom stereocenters. The lowest BCUT2D eigenvalue weighted by molar-refractivity contribution is 0.0138. The molecule has 10 nitrogen and oxygen atoms in total. The molecule has 11 heteroatoms. The Bertz CT molecular complexity index is 1160. The van der Waals surface area contributed by atoms with Crippen LogP contribution in [0.3, 0.4) is 0 Å². The van der Waals surface area contributed by atoms with E-state index in [1.165, 1.54) is 12.8 Å². The number of amides is 1. The molecule has 0 aromatic carbocycles. The summed E-state index contributed by atoms with van der Waals surface area (Å²) in [6.07, 6.45) is 2.16. The number of ether oxygens (including phenoxy) is 1. The first kappa shape index (κ1) is 22.0. The topological polar surface area (TPSA) is 104 Å². The molecule has 2 N–H and O–H groups in total. The molecule has 1 aliphatic heterocycles.